The molecule has 4 heteroatoms. The number of benzene rings is 1. The number of hydrogen-bond acceptors (Lipinski definition) is 3. The summed E-state index contributed by atoms with van der Waals surface area (Å²) < 4.78 is 1.90. The fraction of sp³-hybridized carbons (Fsp3) is 0.417. The van der Waals surface area contributed by atoms with Gasteiger partial charge in [-0.15, -0.1) is 5.10 Å². The van der Waals surface area contributed by atoms with Crippen molar-refractivity contribution in [1.29, 1.82) is 0 Å². The standard InChI is InChI=1S/C12H16N4/c1-2-3-9-16-12(13-14-15-16)10-11-7-5-4-6-8-11/h4-8H,2-3,9-10H2,1H3. The van der Waals surface area contributed by atoms with Gasteiger partial charge >= 0.3 is 0 Å². The molecule has 1 aromatic heterocycles. The molecule has 84 valence electrons. The van der Waals surface area contributed by atoms with Crippen molar-refractivity contribution in [2.45, 2.75) is 32.7 Å². The van der Waals surface area contributed by atoms with E-state index in [-0.39, 0.29) is 0 Å². The average molecular weight is 216 g/mol. The van der Waals surface area contributed by atoms with Gasteiger partial charge in [0.2, 0.25) is 0 Å². The summed E-state index contributed by atoms with van der Waals surface area (Å²) in [6, 6.07) is 10.3. The third-order valence-corrected chi connectivity index (χ3v) is 2.53. The van der Waals surface area contributed by atoms with Crippen molar-refractivity contribution < 1.29 is 0 Å². The fourth-order valence-corrected chi connectivity index (χ4v) is 1.61. The van der Waals surface area contributed by atoms with Crippen LogP contribution in [0, 0.1) is 0 Å². The van der Waals surface area contributed by atoms with E-state index in [1.807, 2.05) is 22.9 Å². The molecule has 0 fully saturated rings. The maximum absolute atomic E-state index is 4.07. The van der Waals surface area contributed by atoms with Crippen LogP contribution >= 0.6 is 0 Å². The van der Waals surface area contributed by atoms with Crippen LogP contribution in [0.3, 0.4) is 0 Å². The van der Waals surface area contributed by atoms with Crippen molar-refractivity contribution in [3.05, 3.63) is 41.7 Å². The van der Waals surface area contributed by atoms with Gasteiger partial charge in [0.05, 0.1) is 0 Å². The summed E-state index contributed by atoms with van der Waals surface area (Å²) in [7, 11) is 0. The topological polar surface area (TPSA) is 43.6 Å². The van der Waals surface area contributed by atoms with E-state index >= 15 is 0 Å². The predicted molar refractivity (Wildman–Crippen MR) is 62.0 cm³/mol. The van der Waals surface area contributed by atoms with Crippen LogP contribution in [0.5, 0.6) is 0 Å². The van der Waals surface area contributed by atoms with Gasteiger partial charge in [-0.25, -0.2) is 4.68 Å². The predicted octanol–water partition coefficient (Wildman–Crippen LogP) is 2.06. The number of nitrogens with zero attached hydrogens (tertiary/aromatic N) is 4. The highest BCUT2D eigenvalue weighted by molar-refractivity contribution is 5.18. The van der Waals surface area contributed by atoms with Crippen molar-refractivity contribution in [1.82, 2.24) is 20.2 Å². The monoisotopic (exact) mass is 216 g/mol. The van der Waals surface area contributed by atoms with Gasteiger partial charge in [-0.2, -0.15) is 0 Å². The fourth-order valence-electron chi connectivity index (χ4n) is 1.61. The third kappa shape index (κ3) is 2.66. The number of hydrogen-bond donors (Lipinski definition) is 0. The Balaban J connectivity index is 2.07. The Morgan fingerprint density at radius 1 is 1.19 bits per heavy atom. The highest BCUT2D eigenvalue weighted by Gasteiger charge is 2.05. The molecule has 0 unspecified atom stereocenters. The van der Waals surface area contributed by atoms with Crippen molar-refractivity contribution >= 4 is 0 Å². The Morgan fingerprint density at radius 2 is 2.00 bits per heavy atom. The molecular formula is C12H16N4. The van der Waals surface area contributed by atoms with E-state index in [9.17, 15) is 0 Å². The number of aromatic nitrogens is 4. The van der Waals surface area contributed by atoms with Crippen LogP contribution in [0.4, 0.5) is 0 Å². The number of tetrazole rings is 1. The molecule has 4 nitrogen and oxygen atoms in total. The summed E-state index contributed by atoms with van der Waals surface area (Å²) in [5, 5.41) is 11.8. The van der Waals surface area contributed by atoms with Gasteiger partial charge < -0.3 is 0 Å². The van der Waals surface area contributed by atoms with E-state index in [0.29, 0.717) is 0 Å². The lowest BCUT2D eigenvalue weighted by Crippen LogP contribution is -2.06. The van der Waals surface area contributed by atoms with Crippen LogP contribution in [-0.4, -0.2) is 20.2 Å². The first kappa shape index (κ1) is 10.8. The number of unbranched alkanes of at least 4 members (excludes halogenated alkanes) is 1. The lowest BCUT2D eigenvalue weighted by Gasteiger charge is -2.03. The van der Waals surface area contributed by atoms with E-state index in [1.54, 1.807) is 0 Å². The molecule has 16 heavy (non-hydrogen) atoms. The van der Waals surface area contributed by atoms with Crippen molar-refractivity contribution in [2.24, 2.45) is 0 Å². The van der Waals surface area contributed by atoms with Crippen LogP contribution in [-0.2, 0) is 13.0 Å². The first-order valence-electron chi connectivity index (χ1n) is 5.69. The molecule has 0 spiro atoms. The third-order valence-electron chi connectivity index (χ3n) is 2.53. The zero-order chi connectivity index (χ0) is 11.2. The summed E-state index contributed by atoms with van der Waals surface area (Å²) in [4.78, 5) is 0. The van der Waals surface area contributed by atoms with E-state index in [0.717, 1.165) is 31.6 Å². The molecule has 0 amide bonds. The molecule has 0 aliphatic heterocycles. The molecule has 0 atom stereocenters. The second kappa shape index (κ2) is 5.39. The molecule has 2 aromatic rings. The largest absolute Gasteiger partial charge is 0.229 e. The molecular weight excluding hydrogens is 200 g/mol. The van der Waals surface area contributed by atoms with Gasteiger partial charge in [-0.3, -0.25) is 0 Å². The van der Waals surface area contributed by atoms with Gasteiger partial charge in [0.25, 0.3) is 0 Å². The minimum absolute atomic E-state index is 0.803. The van der Waals surface area contributed by atoms with Crippen LogP contribution in [0.25, 0.3) is 0 Å². The molecule has 0 aliphatic carbocycles. The van der Waals surface area contributed by atoms with E-state index in [1.165, 1.54) is 5.56 Å². The van der Waals surface area contributed by atoms with E-state index in [2.05, 4.69) is 34.6 Å². The Hall–Kier alpha value is -1.71. The maximum atomic E-state index is 4.07. The second-order valence-electron chi connectivity index (χ2n) is 3.83. The Labute approximate surface area is 95.3 Å². The van der Waals surface area contributed by atoms with Gasteiger partial charge in [-0.05, 0) is 22.4 Å². The SMILES string of the molecule is CCCCn1nnnc1Cc1ccccc1. The highest BCUT2D eigenvalue weighted by Crippen LogP contribution is 2.06. The molecule has 0 saturated heterocycles. The molecule has 2 rings (SSSR count). The second-order valence-corrected chi connectivity index (χ2v) is 3.83. The Kier molecular flexibility index (Phi) is 3.64. The first-order chi connectivity index (χ1) is 7.90. The number of aryl methyl sites for hydroxylation is 1. The Bertz CT molecular complexity index is 422. The summed E-state index contributed by atoms with van der Waals surface area (Å²) in [5.41, 5.74) is 1.25. The zero-order valence-corrected chi connectivity index (χ0v) is 9.50. The molecule has 0 radical (unpaired) electrons. The summed E-state index contributed by atoms with van der Waals surface area (Å²) in [6.07, 6.45) is 3.08. The van der Waals surface area contributed by atoms with Crippen LogP contribution in [0.1, 0.15) is 31.2 Å². The van der Waals surface area contributed by atoms with Gasteiger partial charge in [0.1, 0.15) is 0 Å². The summed E-state index contributed by atoms with van der Waals surface area (Å²) in [6.45, 7) is 3.08. The molecule has 0 N–H and O–H groups in total. The summed E-state index contributed by atoms with van der Waals surface area (Å²) >= 11 is 0. The maximum Gasteiger partial charge on any atom is 0.155 e. The van der Waals surface area contributed by atoms with Gasteiger partial charge in [0, 0.05) is 13.0 Å². The smallest absolute Gasteiger partial charge is 0.155 e. The quantitative estimate of drug-likeness (QED) is 0.768. The molecule has 1 aromatic carbocycles. The first-order valence-corrected chi connectivity index (χ1v) is 5.69. The zero-order valence-electron chi connectivity index (χ0n) is 9.50. The van der Waals surface area contributed by atoms with Crippen LogP contribution in [0.2, 0.25) is 0 Å². The summed E-state index contributed by atoms with van der Waals surface area (Å²) in [5.74, 6) is 0.944. The number of rotatable bonds is 5. The van der Waals surface area contributed by atoms with E-state index in [4.69, 9.17) is 0 Å². The average Bonchev–Trinajstić information content (AvgIpc) is 2.75. The molecule has 0 bridgehead atoms. The molecule has 0 aliphatic rings. The van der Waals surface area contributed by atoms with Crippen LogP contribution < -0.4 is 0 Å². The Morgan fingerprint density at radius 3 is 2.75 bits per heavy atom. The van der Waals surface area contributed by atoms with Crippen molar-refractivity contribution in [2.75, 3.05) is 0 Å². The minimum atomic E-state index is 0.803. The van der Waals surface area contributed by atoms with Gasteiger partial charge in [0.15, 0.2) is 5.82 Å². The van der Waals surface area contributed by atoms with Crippen molar-refractivity contribution in [3.8, 4) is 0 Å². The van der Waals surface area contributed by atoms with Crippen LogP contribution in [0.15, 0.2) is 30.3 Å². The van der Waals surface area contributed by atoms with Gasteiger partial charge in [-0.1, -0.05) is 43.7 Å². The van der Waals surface area contributed by atoms with Crippen molar-refractivity contribution in [3.63, 3.8) is 0 Å². The minimum Gasteiger partial charge on any atom is -0.229 e. The lowest BCUT2D eigenvalue weighted by atomic mass is 10.1. The van der Waals surface area contributed by atoms with E-state index < -0.39 is 0 Å². The lowest BCUT2D eigenvalue weighted by molar-refractivity contribution is 0.536. The highest BCUT2D eigenvalue weighted by atomic mass is 15.5. The molecule has 1 heterocycles. The molecule has 0 saturated carbocycles. The normalized spacial score (nSPS) is 10.6.